The van der Waals surface area contributed by atoms with Gasteiger partial charge in [0, 0.05) is 13.2 Å². The maximum absolute atomic E-state index is 11.9. The number of rotatable bonds is 3. The second-order valence-corrected chi connectivity index (χ2v) is 5.58. The molecule has 1 aliphatic heterocycles. The summed E-state index contributed by atoms with van der Waals surface area (Å²) in [5.74, 6) is -0.117. The van der Waals surface area contributed by atoms with Crippen LogP contribution in [-0.2, 0) is 4.74 Å². The van der Waals surface area contributed by atoms with E-state index in [1.807, 2.05) is 6.92 Å². The number of amides is 1. The molecular formula is C11H17N3O2S. The monoisotopic (exact) mass is 255 g/mol. The number of carbonyl (C=O) groups excluding carboxylic acids is 1. The lowest BCUT2D eigenvalue weighted by atomic mass is 10.0. The van der Waals surface area contributed by atoms with Crippen molar-refractivity contribution in [1.29, 1.82) is 0 Å². The van der Waals surface area contributed by atoms with Crippen molar-refractivity contribution in [2.45, 2.75) is 32.3 Å². The number of nitrogens with one attached hydrogen (secondary N) is 1. The highest BCUT2D eigenvalue weighted by Crippen LogP contribution is 2.24. The van der Waals surface area contributed by atoms with Crippen LogP contribution in [0.15, 0.2) is 0 Å². The zero-order valence-electron chi connectivity index (χ0n) is 10.1. The molecule has 1 unspecified atom stereocenters. The van der Waals surface area contributed by atoms with Crippen LogP contribution in [0.4, 0.5) is 5.13 Å². The van der Waals surface area contributed by atoms with Gasteiger partial charge in [-0.25, -0.2) is 4.98 Å². The van der Waals surface area contributed by atoms with Crippen molar-refractivity contribution in [3.05, 3.63) is 10.6 Å². The summed E-state index contributed by atoms with van der Waals surface area (Å²) >= 11 is 1.22. The van der Waals surface area contributed by atoms with Gasteiger partial charge in [-0.1, -0.05) is 11.3 Å². The van der Waals surface area contributed by atoms with Gasteiger partial charge in [0.15, 0.2) is 5.13 Å². The van der Waals surface area contributed by atoms with E-state index in [1.54, 1.807) is 6.92 Å². The lowest BCUT2D eigenvalue weighted by Gasteiger charge is -2.23. The Morgan fingerprint density at radius 1 is 1.71 bits per heavy atom. The first-order valence-corrected chi connectivity index (χ1v) is 6.47. The maximum Gasteiger partial charge on any atom is 0.263 e. The number of hydrogen-bond acceptors (Lipinski definition) is 5. The molecule has 1 fully saturated rings. The SMILES string of the molecule is Cc1nc(N)sc1C(=O)NCC1(C)CCCO1. The van der Waals surface area contributed by atoms with Crippen molar-refractivity contribution in [2.75, 3.05) is 18.9 Å². The quantitative estimate of drug-likeness (QED) is 0.854. The van der Waals surface area contributed by atoms with Crippen LogP contribution >= 0.6 is 11.3 Å². The van der Waals surface area contributed by atoms with Crippen LogP contribution in [0, 0.1) is 6.92 Å². The molecule has 17 heavy (non-hydrogen) atoms. The number of nitrogen functional groups attached to an aromatic ring is 1. The normalized spacial score (nSPS) is 23.9. The fourth-order valence-corrected chi connectivity index (χ4v) is 2.70. The number of ether oxygens (including phenoxy) is 1. The predicted octanol–water partition coefficient (Wildman–Crippen LogP) is 1.33. The van der Waals surface area contributed by atoms with Crippen LogP contribution in [0.3, 0.4) is 0 Å². The molecule has 1 saturated heterocycles. The second-order valence-electron chi connectivity index (χ2n) is 4.55. The molecule has 1 amide bonds. The minimum Gasteiger partial charge on any atom is -0.375 e. The molecule has 3 N–H and O–H groups in total. The van der Waals surface area contributed by atoms with E-state index in [9.17, 15) is 4.79 Å². The molecule has 1 aliphatic rings. The summed E-state index contributed by atoms with van der Waals surface area (Å²) in [5.41, 5.74) is 6.02. The molecule has 0 spiro atoms. The van der Waals surface area contributed by atoms with Crippen molar-refractivity contribution in [3.63, 3.8) is 0 Å². The lowest BCUT2D eigenvalue weighted by Crippen LogP contribution is -2.40. The van der Waals surface area contributed by atoms with Gasteiger partial charge in [-0.05, 0) is 26.7 Å². The van der Waals surface area contributed by atoms with Crippen LogP contribution in [0.1, 0.15) is 35.1 Å². The maximum atomic E-state index is 11.9. The third-order valence-corrected chi connectivity index (χ3v) is 3.93. The van der Waals surface area contributed by atoms with Crippen molar-refractivity contribution >= 4 is 22.4 Å². The fraction of sp³-hybridized carbons (Fsp3) is 0.636. The minimum absolute atomic E-state index is 0.117. The van der Waals surface area contributed by atoms with Gasteiger partial charge in [-0.2, -0.15) is 0 Å². The molecule has 0 saturated carbocycles. The number of thiazole rings is 1. The van der Waals surface area contributed by atoms with E-state index < -0.39 is 0 Å². The molecule has 1 atom stereocenters. The highest BCUT2D eigenvalue weighted by molar-refractivity contribution is 7.17. The van der Waals surface area contributed by atoms with E-state index in [0.717, 1.165) is 19.4 Å². The molecule has 0 radical (unpaired) electrons. The fourth-order valence-electron chi connectivity index (χ4n) is 1.95. The number of carbonyl (C=O) groups is 1. The molecule has 0 aromatic carbocycles. The van der Waals surface area contributed by atoms with Crippen LogP contribution < -0.4 is 11.1 Å². The number of anilines is 1. The first-order valence-electron chi connectivity index (χ1n) is 5.65. The summed E-state index contributed by atoms with van der Waals surface area (Å²) in [4.78, 5) is 16.5. The molecule has 1 aromatic rings. The molecule has 6 heteroatoms. The van der Waals surface area contributed by atoms with Gasteiger partial charge in [-0.3, -0.25) is 4.79 Å². The first kappa shape index (κ1) is 12.3. The predicted molar refractivity (Wildman–Crippen MR) is 67.2 cm³/mol. The molecule has 0 bridgehead atoms. The van der Waals surface area contributed by atoms with Gasteiger partial charge < -0.3 is 15.8 Å². The van der Waals surface area contributed by atoms with Gasteiger partial charge >= 0.3 is 0 Å². The Balaban J connectivity index is 1.95. The Bertz CT molecular complexity index is 424. The van der Waals surface area contributed by atoms with E-state index >= 15 is 0 Å². The Hall–Kier alpha value is -1.14. The van der Waals surface area contributed by atoms with Gasteiger partial charge in [0.05, 0.1) is 11.3 Å². The Kier molecular flexibility index (Phi) is 3.35. The van der Waals surface area contributed by atoms with Crippen molar-refractivity contribution < 1.29 is 9.53 Å². The number of nitrogens with zero attached hydrogens (tertiary/aromatic N) is 1. The van der Waals surface area contributed by atoms with Crippen LogP contribution in [0.2, 0.25) is 0 Å². The van der Waals surface area contributed by atoms with Gasteiger partial charge in [0.25, 0.3) is 5.91 Å². The van der Waals surface area contributed by atoms with Gasteiger partial charge in [-0.15, -0.1) is 0 Å². The summed E-state index contributed by atoms with van der Waals surface area (Å²) in [6.45, 7) is 5.12. The third kappa shape index (κ3) is 2.76. The molecule has 2 rings (SSSR count). The molecule has 94 valence electrons. The highest BCUT2D eigenvalue weighted by Gasteiger charge is 2.30. The van der Waals surface area contributed by atoms with Crippen molar-refractivity contribution in [1.82, 2.24) is 10.3 Å². The smallest absolute Gasteiger partial charge is 0.263 e. The average molecular weight is 255 g/mol. The topological polar surface area (TPSA) is 77.2 Å². The lowest BCUT2D eigenvalue weighted by molar-refractivity contribution is 0.0206. The number of hydrogen-bond donors (Lipinski definition) is 2. The van der Waals surface area contributed by atoms with E-state index in [4.69, 9.17) is 10.5 Å². The molecular weight excluding hydrogens is 238 g/mol. The van der Waals surface area contributed by atoms with Crippen LogP contribution in [0.25, 0.3) is 0 Å². The first-order chi connectivity index (χ1) is 8.00. The zero-order valence-corrected chi connectivity index (χ0v) is 10.9. The highest BCUT2D eigenvalue weighted by atomic mass is 32.1. The molecule has 0 aliphatic carbocycles. The average Bonchev–Trinajstić information content (AvgIpc) is 2.83. The third-order valence-electron chi connectivity index (χ3n) is 2.94. The number of aryl methyl sites for hydroxylation is 1. The van der Waals surface area contributed by atoms with E-state index in [2.05, 4.69) is 10.3 Å². The van der Waals surface area contributed by atoms with Gasteiger partial charge in [0.1, 0.15) is 4.88 Å². The Morgan fingerprint density at radius 3 is 3.00 bits per heavy atom. The summed E-state index contributed by atoms with van der Waals surface area (Å²) in [6, 6.07) is 0. The summed E-state index contributed by atoms with van der Waals surface area (Å²) in [5, 5.41) is 3.31. The summed E-state index contributed by atoms with van der Waals surface area (Å²) < 4.78 is 5.61. The second kappa shape index (κ2) is 4.62. The number of nitrogens with two attached hydrogens (primary N) is 1. The van der Waals surface area contributed by atoms with E-state index in [1.165, 1.54) is 11.3 Å². The van der Waals surface area contributed by atoms with Crippen LogP contribution in [0.5, 0.6) is 0 Å². The standard InChI is InChI=1S/C11H17N3O2S/c1-7-8(17-10(12)14-7)9(15)13-6-11(2)4-3-5-16-11/h3-6H2,1-2H3,(H2,12,14)(H,13,15). The van der Waals surface area contributed by atoms with Crippen LogP contribution in [-0.4, -0.2) is 29.6 Å². The zero-order chi connectivity index (χ0) is 12.5. The molecule has 2 heterocycles. The van der Waals surface area contributed by atoms with E-state index in [-0.39, 0.29) is 11.5 Å². The Morgan fingerprint density at radius 2 is 2.47 bits per heavy atom. The minimum atomic E-state index is -0.222. The Labute approximate surface area is 104 Å². The summed E-state index contributed by atoms with van der Waals surface area (Å²) in [7, 11) is 0. The van der Waals surface area contributed by atoms with Crippen molar-refractivity contribution in [2.24, 2.45) is 0 Å². The van der Waals surface area contributed by atoms with E-state index in [0.29, 0.717) is 22.2 Å². The summed E-state index contributed by atoms with van der Waals surface area (Å²) in [6.07, 6.45) is 2.04. The van der Waals surface area contributed by atoms with Crippen molar-refractivity contribution in [3.8, 4) is 0 Å². The molecule has 1 aromatic heterocycles. The molecule has 5 nitrogen and oxygen atoms in total. The largest absolute Gasteiger partial charge is 0.375 e. The van der Waals surface area contributed by atoms with Gasteiger partial charge in [0.2, 0.25) is 0 Å². The number of aromatic nitrogens is 1.